The van der Waals surface area contributed by atoms with E-state index in [4.69, 9.17) is 18.9 Å². The number of rotatable bonds is 2. The third-order valence-corrected chi connectivity index (χ3v) is 10.0. The molecule has 236 valence electrons. The lowest BCUT2D eigenvalue weighted by molar-refractivity contribution is 0.310. The summed E-state index contributed by atoms with van der Waals surface area (Å²) < 4.78 is 27.1. The Morgan fingerprint density at radius 3 is 1.44 bits per heavy atom. The van der Waals surface area contributed by atoms with Gasteiger partial charge in [-0.05, 0) is 71.6 Å². The molecule has 0 spiro atoms. The van der Waals surface area contributed by atoms with Crippen LogP contribution in [0.15, 0.2) is 152 Å². The van der Waals surface area contributed by atoms with E-state index >= 15 is 0 Å². The second kappa shape index (κ2) is 10.5. The molecule has 7 heteroatoms. The van der Waals surface area contributed by atoms with E-state index in [1.54, 1.807) is 0 Å². The van der Waals surface area contributed by atoms with Crippen LogP contribution in [0.25, 0.3) is 0 Å². The first-order valence-electron chi connectivity index (χ1n) is 16.8. The average Bonchev–Trinajstić information content (AvgIpc) is 3.34. The van der Waals surface area contributed by atoms with Crippen LogP contribution in [0.1, 0.15) is 5.56 Å². The minimum atomic E-state index is -0.131. The molecule has 0 atom stereocenters. The molecule has 0 saturated heterocycles. The Morgan fingerprint density at radius 2 is 0.840 bits per heavy atom. The largest absolute Gasteiger partial charge is 0.487 e. The Hall–Kier alpha value is -6.60. The summed E-state index contributed by atoms with van der Waals surface area (Å²) in [5, 5.41) is 0. The van der Waals surface area contributed by atoms with Crippen LogP contribution in [0, 0.1) is 0 Å². The van der Waals surface area contributed by atoms with Gasteiger partial charge in [0.2, 0.25) is 0 Å². The maximum atomic E-state index is 7.07. The average molecular weight is 647 g/mol. The molecule has 0 radical (unpaired) electrons. The van der Waals surface area contributed by atoms with E-state index < -0.39 is 0 Å². The van der Waals surface area contributed by atoms with Crippen molar-refractivity contribution in [1.29, 1.82) is 0 Å². The fourth-order valence-electron chi connectivity index (χ4n) is 7.89. The zero-order chi connectivity index (χ0) is 32.8. The molecule has 0 saturated carbocycles. The normalized spacial score (nSPS) is 14.0. The molecule has 7 aromatic rings. The maximum absolute atomic E-state index is 7.07. The molecule has 4 aliphatic heterocycles. The van der Waals surface area contributed by atoms with E-state index in [0.717, 1.165) is 96.3 Å². The summed E-state index contributed by atoms with van der Waals surface area (Å²) in [6, 6.07) is 51.9. The lowest BCUT2D eigenvalue weighted by Gasteiger charge is -2.40. The molecule has 0 fully saturated rings. The van der Waals surface area contributed by atoms with Crippen molar-refractivity contribution in [2.24, 2.45) is 0 Å². The van der Waals surface area contributed by atoms with E-state index in [2.05, 4.69) is 101 Å². The van der Waals surface area contributed by atoms with Gasteiger partial charge >= 0.3 is 0 Å². The number of para-hydroxylation sites is 9. The van der Waals surface area contributed by atoms with Gasteiger partial charge in [-0.25, -0.2) is 0 Å². The van der Waals surface area contributed by atoms with Crippen molar-refractivity contribution in [3.8, 4) is 40.2 Å². The van der Waals surface area contributed by atoms with E-state index in [-0.39, 0.29) is 6.71 Å². The molecule has 6 nitrogen and oxygen atoms in total. The Labute approximate surface area is 289 Å². The Bertz CT molecular complexity index is 2430. The van der Waals surface area contributed by atoms with Gasteiger partial charge in [0.05, 0.1) is 34.1 Å². The van der Waals surface area contributed by atoms with Crippen molar-refractivity contribution in [1.82, 2.24) is 0 Å². The molecule has 0 unspecified atom stereocenters. The quantitative estimate of drug-likeness (QED) is 0.175. The third-order valence-electron chi connectivity index (χ3n) is 10.0. The first kappa shape index (κ1) is 27.4. The topological polar surface area (TPSA) is 43.4 Å². The van der Waals surface area contributed by atoms with Crippen molar-refractivity contribution >= 4 is 57.2 Å². The van der Waals surface area contributed by atoms with Gasteiger partial charge in [0.1, 0.15) is 23.9 Å². The molecule has 4 heterocycles. The molecule has 0 N–H and O–H groups in total. The van der Waals surface area contributed by atoms with Gasteiger partial charge in [0, 0.05) is 11.0 Å². The van der Waals surface area contributed by atoms with Crippen molar-refractivity contribution in [3.63, 3.8) is 0 Å². The highest BCUT2D eigenvalue weighted by Gasteiger charge is 2.45. The lowest BCUT2D eigenvalue weighted by atomic mass is 9.34. The number of hydrogen-bond donors (Lipinski definition) is 0. The van der Waals surface area contributed by atoms with Crippen molar-refractivity contribution < 1.29 is 18.9 Å². The SMILES string of the molecule is c1ccc2c(c1)COc1ccccc1N2c1cc(N2c3ccccc3Oc3ccccc32)c2c3c1Oc1ccccc1B3c1ccccc1O2. The van der Waals surface area contributed by atoms with Crippen LogP contribution in [-0.2, 0) is 6.61 Å². The molecule has 50 heavy (non-hydrogen) atoms. The van der Waals surface area contributed by atoms with Gasteiger partial charge in [0.15, 0.2) is 23.0 Å². The van der Waals surface area contributed by atoms with Crippen LogP contribution < -0.4 is 45.1 Å². The molecule has 0 bridgehead atoms. The molecule has 0 aromatic heterocycles. The van der Waals surface area contributed by atoms with Gasteiger partial charge < -0.3 is 23.8 Å². The molecule has 0 amide bonds. The van der Waals surface area contributed by atoms with Crippen LogP contribution in [0.3, 0.4) is 0 Å². The van der Waals surface area contributed by atoms with Crippen molar-refractivity contribution in [2.75, 3.05) is 9.80 Å². The summed E-state index contributed by atoms with van der Waals surface area (Å²) >= 11 is 0. The minimum Gasteiger partial charge on any atom is -0.487 e. The van der Waals surface area contributed by atoms with Crippen LogP contribution in [-0.4, -0.2) is 6.71 Å². The van der Waals surface area contributed by atoms with Crippen LogP contribution in [0.4, 0.5) is 34.1 Å². The van der Waals surface area contributed by atoms with Crippen molar-refractivity contribution in [3.05, 3.63) is 157 Å². The predicted octanol–water partition coefficient (Wildman–Crippen LogP) is 9.35. The second-order valence-electron chi connectivity index (χ2n) is 12.8. The summed E-state index contributed by atoms with van der Waals surface area (Å²) in [4.78, 5) is 4.56. The number of anilines is 6. The van der Waals surface area contributed by atoms with Crippen LogP contribution >= 0.6 is 0 Å². The maximum Gasteiger partial charge on any atom is 0.260 e. The summed E-state index contributed by atoms with van der Waals surface area (Å²) in [6.45, 7) is 0.318. The molecule has 11 rings (SSSR count). The highest BCUT2D eigenvalue weighted by atomic mass is 16.5. The Balaban J connectivity index is 1.29. The van der Waals surface area contributed by atoms with E-state index in [1.165, 1.54) is 0 Å². The number of fused-ring (bicyclic) bond motifs is 8. The van der Waals surface area contributed by atoms with E-state index in [0.29, 0.717) is 6.61 Å². The standard InChI is InChI=1S/C43H27BN2O4/c1-4-16-30-27(13-1)26-47-38-22-10-5-17-31(38)45(30)34-25-35(46-32-18-6-11-23-39(32)48-40-24-12-7-19-33(40)46)43-41-42(34)49-36-20-8-2-14-28(36)44(41)29-15-3-9-21-37(29)50-43/h1-25H,26H2. The van der Waals surface area contributed by atoms with Crippen molar-refractivity contribution in [2.45, 2.75) is 6.61 Å². The molecular formula is C43H27BN2O4. The van der Waals surface area contributed by atoms with Crippen LogP contribution in [0.5, 0.6) is 40.2 Å². The minimum absolute atomic E-state index is 0.131. The Kier molecular flexibility index (Phi) is 5.72. The predicted molar refractivity (Wildman–Crippen MR) is 198 cm³/mol. The summed E-state index contributed by atoms with van der Waals surface area (Å²) in [6.07, 6.45) is 0. The van der Waals surface area contributed by atoms with Crippen LogP contribution in [0.2, 0.25) is 0 Å². The zero-order valence-electron chi connectivity index (χ0n) is 26.7. The van der Waals surface area contributed by atoms with Gasteiger partial charge in [-0.1, -0.05) is 91.0 Å². The Morgan fingerprint density at radius 1 is 0.400 bits per heavy atom. The van der Waals surface area contributed by atoms with Gasteiger partial charge in [-0.15, -0.1) is 0 Å². The molecule has 7 aromatic carbocycles. The summed E-state index contributed by atoms with van der Waals surface area (Å²) in [7, 11) is 0. The summed E-state index contributed by atoms with van der Waals surface area (Å²) in [5.74, 6) is 5.50. The third kappa shape index (κ3) is 3.86. The van der Waals surface area contributed by atoms with Gasteiger partial charge in [-0.3, -0.25) is 4.90 Å². The molecule has 0 aliphatic carbocycles. The molecular weight excluding hydrogens is 619 g/mol. The lowest BCUT2D eigenvalue weighted by Crippen LogP contribution is -2.57. The number of benzene rings is 7. The van der Waals surface area contributed by atoms with E-state index in [1.807, 2.05) is 60.7 Å². The summed E-state index contributed by atoms with van der Waals surface area (Å²) in [5.41, 5.74) is 9.82. The highest BCUT2D eigenvalue weighted by molar-refractivity contribution is 6.98. The monoisotopic (exact) mass is 646 g/mol. The fourth-order valence-corrected chi connectivity index (χ4v) is 7.89. The number of ether oxygens (including phenoxy) is 4. The zero-order valence-corrected chi connectivity index (χ0v) is 26.7. The smallest absolute Gasteiger partial charge is 0.260 e. The first-order chi connectivity index (χ1) is 24.8. The van der Waals surface area contributed by atoms with E-state index in [9.17, 15) is 0 Å². The highest BCUT2D eigenvalue weighted by Crippen LogP contribution is 2.57. The first-order valence-corrected chi connectivity index (χ1v) is 16.8. The fraction of sp³-hybridized carbons (Fsp3) is 0.0233. The number of hydrogen-bond acceptors (Lipinski definition) is 6. The molecule has 4 aliphatic rings. The van der Waals surface area contributed by atoms with Gasteiger partial charge in [-0.2, -0.15) is 0 Å². The van der Waals surface area contributed by atoms with Gasteiger partial charge in [0.25, 0.3) is 6.71 Å². The second-order valence-corrected chi connectivity index (χ2v) is 12.8. The number of nitrogens with zero attached hydrogens (tertiary/aromatic N) is 2.